The number of piperazine rings is 1. The number of carbonyl (C=O) groups is 1. The lowest BCUT2D eigenvalue weighted by molar-refractivity contribution is -0.126. The van der Waals surface area contributed by atoms with Gasteiger partial charge in [0, 0.05) is 37.4 Å². The minimum absolute atomic E-state index is 0.0544. The Morgan fingerprint density at radius 2 is 1.69 bits per heavy atom. The van der Waals surface area contributed by atoms with Gasteiger partial charge in [0.1, 0.15) is 24.1 Å². The number of hydrogen-bond donors (Lipinski definition) is 0. The second-order valence-corrected chi connectivity index (χ2v) is 8.30. The highest BCUT2D eigenvalue weighted by Crippen LogP contribution is 2.30. The maximum absolute atomic E-state index is 13.9. The predicted octanol–water partition coefficient (Wildman–Crippen LogP) is 5.06. The summed E-state index contributed by atoms with van der Waals surface area (Å²) in [6.07, 6.45) is 1.56. The molecule has 0 saturated carbocycles. The summed E-state index contributed by atoms with van der Waals surface area (Å²) in [5.74, 6) is 0.294. The van der Waals surface area contributed by atoms with E-state index in [2.05, 4.69) is 23.1 Å². The molecule has 3 aromatic rings. The van der Waals surface area contributed by atoms with Crippen molar-refractivity contribution in [2.75, 3.05) is 37.7 Å². The predicted molar refractivity (Wildman–Crippen MR) is 137 cm³/mol. The number of carbonyl (C=O) groups excluding carboxylic acids is 1. The highest BCUT2D eigenvalue weighted by molar-refractivity contribution is 6.01. The summed E-state index contributed by atoms with van der Waals surface area (Å²) < 4.78 is 25.4. The standard InChI is InChI=1S/C29H28FN3O3/c1-2-35-28-19-22(12-13-27(28)36-21-23-8-6-7-11-26(23)30)18-24(20-31)29(34)33-16-14-32(15-17-33)25-9-4-3-5-10-25/h3-13,18-19H,2,14-17,21H2,1H3/b24-18-. The van der Waals surface area contributed by atoms with Crippen LogP contribution in [0, 0.1) is 17.1 Å². The summed E-state index contributed by atoms with van der Waals surface area (Å²) in [6.45, 7) is 4.80. The Hall–Kier alpha value is -4.31. The Morgan fingerprint density at radius 1 is 0.972 bits per heavy atom. The van der Waals surface area contributed by atoms with Crippen LogP contribution < -0.4 is 14.4 Å². The molecular weight excluding hydrogens is 457 g/mol. The first kappa shape index (κ1) is 24.8. The van der Waals surface area contributed by atoms with E-state index < -0.39 is 0 Å². The van der Waals surface area contributed by atoms with Gasteiger partial charge < -0.3 is 19.3 Å². The van der Waals surface area contributed by atoms with Crippen molar-refractivity contribution in [1.82, 2.24) is 4.90 Å². The van der Waals surface area contributed by atoms with Crippen LogP contribution in [0.2, 0.25) is 0 Å². The van der Waals surface area contributed by atoms with E-state index in [4.69, 9.17) is 9.47 Å². The fourth-order valence-corrected chi connectivity index (χ4v) is 4.06. The monoisotopic (exact) mass is 485 g/mol. The largest absolute Gasteiger partial charge is 0.490 e. The highest BCUT2D eigenvalue weighted by Gasteiger charge is 2.24. The van der Waals surface area contributed by atoms with Crippen molar-refractivity contribution in [1.29, 1.82) is 5.26 Å². The molecule has 1 heterocycles. The smallest absolute Gasteiger partial charge is 0.264 e. The van der Waals surface area contributed by atoms with Crippen LogP contribution in [0.25, 0.3) is 6.08 Å². The van der Waals surface area contributed by atoms with Crippen LogP contribution in [0.3, 0.4) is 0 Å². The lowest BCUT2D eigenvalue weighted by atomic mass is 10.1. The molecule has 0 atom stereocenters. The van der Waals surface area contributed by atoms with E-state index in [1.165, 1.54) is 6.07 Å². The summed E-state index contributed by atoms with van der Waals surface area (Å²) in [7, 11) is 0. The van der Waals surface area contributed by atoms with Crippen molar-refractivity contribution in [2.24, 2.45) is 0 Å². The lowest BCUT2D eigenvalue weighted by Gasteiger charge is -2.36. The number of para-hydroxylation sites is 1. The number of nitriles is 1. The fourth-order valence-electron chi connectivity index (χ4n) is 4.06. The Balaban J connectivity index is 1.45. The van der Waals surface area contributed by atoms with Crippen molar-refractivity contribution in [3.63, 3.8) is 0 Å². The third kappa shape index (κ3) is 6.02. The van der Waals surface area contributed by atoms with Gasteiger partial charge in [0.25, 0.3) is 5.91 Å². The first-order chi connectivity index (χ1) is 17.6. The number of rotatable bonds is 8. The highest BCUT2D eigenvalue weighted by atomic mass is 19.1. The van der Waals surface area contributed by atoms with E-state index >= 15 is 0 Å². The quantitative estimate of drug-likeness (QED) is 0.330. The molecule has 3 aromatic carbocycles. The molecule has 1 aliphatic rings. The van der Waals surface area contributed by atoms with Crippen molar-refractivity contribution in [2.45, 2.75) is 13.5 Å². The van der Waals surface area contributed by atoms with Gasteiger partial charge in [-0.15, -0.1) is 0 Å². The molecule has 7 heteroatoms. The van der Waals surface area contributed by atoms with E-state index in [1.54, 1.807) is 47.4 Å². The normalized spacial score (nSPS) is 13.8. The molecule has 1 amide bonds. The second-order valence-electron chi connectivity index (χ2n) is 8.30. The van der Waals surface area contributed by atoms with Gasteiger partial charge in [0.2, 0.25) is 0 Å². The molecular formula is C29H28FN3O3. The third-order valence-corrected chi connectivity index (χ3v) is 5.96. The molecule has 36 heavy (non-hydrogen) atoms. The summed E-state index contributed by atoms with van der Waals surface area (Å²) in [5.41, 5.74) is 2.27. The zero-order valence-electron chi connectivity index (χ0n) is 20.2. The van der Waals surface area contributed by atoms with Gasteiger partial charge >= 0.3 is 0 Å². The van der Waals surface area contributed by atoms with Crippen LogP contribution in [0.5, 0.6) is 11.5 Å². The van der Waals surface area contributed by atoms with Crippen molar-refractivity contribution in [3.05, 3.63) is 95.3 Å². The maximum Gasteiger partial charge on any atom is 0.264 e. The second kappa shape index (κ2) is 11.9. The van der Waals surface area contributed by atoms with Crippen LogP contribution in [0.15, 0.2) is 78.4 Å². The van der Waals surface area contributed by atoms with Crippen LogP contribution in [-0.4, -0.2) is 43.6 Å². The van der Waals surface area contributed by atoms with Gasteiger partial charge in [0.15, 0.2) is 11.5 Å². The number of benzene rings is 3. The number of amides is 1. The number of anilines is 1. The molecule has 0 aromatic heterocycles. The molecule has 4 rings (SSSR count). The van der Waals surface area contributed by atoms with Crippen molar-refractivity contribution < 1.29 is 18.7 Å². The molecule has 1 saturated heterocycles. The SMILES string of the molecule is CCOc1cc(/C=C(/C#N)C(=O)N2CCN(c3ccccc3)CC2)ccc1OCc1ccccc1F. The van der Waals surface area contributed by atoms with E-state index in [0.717, 1.165) is 5.69 Å². The fraction of sp³-hybridized carbons (Fsp3) is 0.241. The molecule has 0 spiro atoms. The van der Waals surface area contributed by atoms with Crippen LogP contribution in [-0.2, 0) is 11.4 Å². The molecule has 0 aliphatic carbocycles. The first-order valence-corrected chi connectivity index (χ1v) is 11.9. The van der Waals surface area contributed by atoms with Gasteiger partial charge in [-0.2, -0.15) is 5.26 Å². The minimum atomic E-state index is -0.336. The zero-order chi connectivity index (χ0) is 25.3. The lowest BCUT2D eigenvalue weighted by Crippen LogP contribution is -2.49. The van der Waals surface area contributed by atoms with E-state index in [9.17, 15) is 14.4 Å². The molecule has 0 radical (unpaired) electrons. The summed E-state index contributed by atoms with van der Waals surface area (Å²) >= 11 is 0. The molecule has 0 bridgehead atoms. The average molecular weight is 486 g/mol. The summed E-state index contributed by atoms with van der Waals surface area (Å²) in [4.78, 5) is 17.0. The Kier molecular flexibility index (Phi) is 8.20. The molecule has 0 N–H and O–H groups in total. The number of hydrogen-bond acceptors (Lipinski definition) is 5. The number of nitrogens with zero attached hydrogens (tertiary/aromatic N) is 3. The molecule has 0 unspecified atom stereocenters. The molecule has 6 nitrogen and oxygen atoms in total. The van der Waals surface area contributed by atoms with E-state index in [1.807, 2.05) is 25.1 Å². The third-order valence-electron chi connectivity index (χ3n) is 5.96. The van der Waals surface area contributed by atoms with E-state index in [0.29, 0.717) is 55.4 Å². The van der Waals surface area contributed by atoms with Gasteiger partial charge in [-0.25, -0.2) is 4.39 Å². The van der Waals surface area contributed by atoms with Gasteiger partial charge in [-0.1, -0.05) is 42.5 Å². The van der Waals surface area contributed by atoms with Gasteiger partial charge in [-0.05, 0) is 48.9 Å². The Morgan fingerprint density at radius 3 is 2.39 bits per heavy atom. The van der Waals surface area contributed by atoms with Crippen molar-refractivity contribution >= 4 is 17.7 Å². The Bertz CT molecular complexity index is 1260. The van der Waals surface area contributed by atoms with E-state index in [-0.39, 0.29) is 23.9 Å². The van der Waals surface area contributed by atoms with Gasteiger partial charge in [0.05, 0.1) is 6.61 Å². The first-order valence-electron chi connectivity index (χ1n) is 11.9. The maximum atomic E-state index is 13.9. The topological polar surface area (TPSA) is 65.8 Å². The van der Waals surface area contributed by atoms with Crippen LogP contribution >= 0.6 is 0 Å². The van der Waals surface area contributed by atoms with Crippen LogP contribution in [0.4, 0.5) is 10.1 Å². The zero-order valence-corrected chi connectivity index (χ0v) is 20.2. The summed E-state index contributed by atoms with van der Waals surface area (Å²) in [6, 6.07) is 23.7. The average Bonchev–Trinajstić information content (AvgIpc) is 2.92. The number of halogens is 1. The molecule has 184 valence electrons. The molecule has 1 aliphatic heterocycles. The van der Waals surface area contributed by atoms with Crippen molar-refractivity contribution in [3.8, 4) is 17.6 Å². The van der Waals surface area contributed by atoms with Crippen LogP contribution in [0.1, 0.15) is 18.1 Å². The number of ether oxygens (including phenoxy) is 2. The van der Waals surface area contributed by atoms with Gasteiger partial charge in [-0.3, -0.25) is 4.79 Å². The minimum Gasteiger partial charge on any atom is -0.490 e. The Labute approximate surface area is 210 Å². The molecule has 1 fully saturated rings. The summed E-state index contributed by atoms with van der Waals surface area (Å²) in [5, 5.41) is 9.71.